The number of aliphatic hydroxyl groups is 1. The molecule has 0 fully saturated rings. The minimum Gasteiger partial charge on any atom is -0.487 e. The number of fused-ring (bicyclic) bond motifs is 3. The molecule has 2 unspecified atom stereocenters. The first kappa shape index (κ1) is 22.0. The lowest BCUT2D eigenvalue weighted by molar-refractivity contribution is -0.106. The largest absolute Gasteiger partial charge is 0.487 e. The van der Waals surface area contributed by atoms with Gasteiger partial charge in [-0.3, -0.25) is 0 Å². The number of ether oxygens (including phenoxy) is 1. The van der Waals surface area contributed by atoms with E-state index in [1.165, 1.54) is 36.8 Å². The summed E-state index contributed by atoms with van der Waals surface area (Å²) < 4.78 is 6.48. The van der Waals surface area contributed by atoms with Gasteiger partial charge in [-0.25, -0.2) is 0 Å². The SMILES string of the molecule is CCCCCCc1ccc2c(c1)OC(C)(C)C1CCC(NCc3ccccc3)=CC21O. The van der Waals surface area contributed by atoms with Gasteiger partial charge in [0.2, 0.25) is 0 Å². The second-order valence-electron chi connectivity index (χ2n) is 9.77. The molecule has 1 aliphatic heterocycles. The van der Waals surface area contributed by atoms with Gasteiger partial charge in [-0.1, -0.05) is 68.7 Å². The molecule has 0 radical (unpaired) electrons. The van der Waals surface area contributed by atoms with Crippen molar-refractivity contribution in [2.24, 2.45) is 5.92 Å². The van der Waals surface area contributed by atoms with Crippen LogP contribution in [0.25, 0.3) is 0 Å². The summed E-state index contributed by atoms with van der Waals surface area (Å²) in [5.41, 5.74) is 3.16. The van der Waals surface area contributed by atoms with E-state index in [2.05, 4.69) is 74.6 Å². The van der Waals surface area contributed by atoms with Crippen molar-refractivity contribution in [3.8, 4) is 5.75 Å². The Morgan fingerprint density at radius 2 is 1.84 bits per heavy atom. The van der Waals surface area contributed by atoms with Crippen molar-refractivity contribution in [2.45, 2.75) is 83.5 Å². The molecule has 3 nitrogen and oxygen atoms in total. The van der Waals surface area contributed by atoms with Crippen LogP contribution in [0, 0.1) is 5.92 Å². The Morgan fingerprint density at radius 1 is 1.03 bits per heavy atom. The summed E-state index contributed by atoms with van der Waals surface area (Å²) in [4.78, 5) is 0. The van der Waals surface area contributed by atoms with Gasteiger partial charge in [0.1, 0.15) is 17.0 Å². The molecule has 0 spiro atoms. The van der Waals surface area contributed by atoms with Gasteiger partial charge >= 0.3 is 0 Å². The van der Waals surface area contributed by atoms with Crippen molar-refractivity contribution >= 4 is 0 Å². The molecule has 2 aliphatic rings. The van der Waals surface area contributed by atoms with E-state index >= 15 is 0 Å². The Kier molecular flexibility index (Phi) is 6.43. The van der Waals surface area contributed by atoms with Crippen LogP contribution in [-0.2, 0) is 18.6 Å². The molecule has 31 heavy (non-hydrogen) atoms. The Bertz CT molecular complexity index is 918. The van der Waals surface area contributed by atoms with Crippen LogP contribution in [-0.4, -0.2) is 10.7 Å². The monoisotopic (exact) mass is 419 g/mol. The number of unbranched alkanes of at least 4 members (excludes halogenated alkanes) is 3. The molecule has 3 heteroatoms. The van der Waals surface area contributed by atoms with Crippen LogP contribution in [0.3, 0.4) is 0 Å². The zero-order chi connectivity index (χ0) is 21.9. The Hall–Kier alpha value is -2.26. The number of hydrogen-bond acceptors (Lipinski definition) is 3. The molecular formula is C28H37NO2. The van der Waals surface area contributed by atoms with Gasteiger partial charge in [0.15, 0.2) is 0 Å². The third kappa shape index (κ3) is 4.67. The van der Waals surface area contributed by atoms with Crippen molar-refractivity contribution in [1.82, 2.24) is 5.32 Å². The van der Waals surface area contributed by atoms with Gasteiger partial charge < -0.3 is 15.2 Å². The Morgan fingerprint density at radius 3 is 2.61 bits per heavy atom. The van der Waals surface area contributed by atoms with E-state index in [1.807, 2.05) is 6.07 Å². The second-order valence-corrected chi connectivity index (χ2v) is 9.77. The van der Waals surface area contributed by atoms with E-state index < -0.39 is 11.2 Å². The maximum absolute atomic E-state index is 12.0. The van der Waals surface area contributed by atoms with Crippen molar-refractivity contribution in [3.05, 3.63) is 77.0 Å². The predicted octanol–water partition coefficient (Wildman–Crippen LogP) is 6.25. The first-order valence-electron chi connectivity index (χ1n) is 12.0. The van der Waals surface area contributed by atoms with Crippen LogP contribution in [0.5, 0.6) is 5.75 Å². The lowest BCUT2D eigenvalue weighted by atomic mass is 9.65. The van der Waals surface area contributed by atoms with Crippen molar-refractivity contribution in [1.29, 1.82) is 0 Å². The van der Waals surface area contributed by atoms with Crippen LogP contribution >= 0.6 is 0 Å². The fourth-order valence-corrected chi connectivity index (χ4v) is 5.30. The molecule has 0 bridgehead atoms. The van der Waals surface area contributed by atoms with Crippen molar-refractivity contribution < 1.29 is 9.84 Å². The molecule has 0 amide bonds. The van der Waals surface area contributed by atoms with Crippen LogP contribution in [0.15, 0.2) is 60.3 Å². The quantitative estimate of drug-likeness (QED) is 0.497. The van der Waals surface area contributed by atoms with E-state index in [4.69, 9.17) is 4.74 Å². The second kappa shape index (κ2) is 9.08. The number of aryl methyl sites for hydroxylation is 1. The molecule has 4 rings (SSSR count). The highest BCUT2D eigenvalue weighted by atomic mass is 16.5. The molecule has 2 atom stereocenters. The van der Waals surface area contributed by atoms with Crippen LogP contribution < -0.4 is 10.1 Å². The standard InChI is InChI=1S/C28H37NO2/c1-4-5-6-8-11-21-14-16-24-25(18-21)31-27(2,3)26-17-15-23(19-28(24,26)30)29-20-22-12-9-7-10-13-22/h7,9-10,12-14,16,18-19,26,29-30H,4-6,8,11,15,17,20H2,1-3H3. The lowest BCUT2D eigenvalue weighted by Crippen LogP contribution is -2.54. The summed E-state index contributed by atoms with van der Waals surface area (Å²) in [5, 5.41) is 15.6. The molecule has 2 aromatic carbocycles. The summed E-state index contributed by atoms with van der Waals surface area (Å²) in [7, 11) is 0. The molecule has 2 aromatic rings. The number of hydrogen-bond donors (Lipinski definition) is 2. The van der Waals surface area contributed by atoms with Gasteiger partial charge in [0, 0.05) is 23.7 Å². The fourth-order valence-electron chi connectivity index (χ4n) is 5.30. The molecule has 2 N–H and O–H groups in total. The van der Waals surface area contributed by atoms with E-state index in [0.717, 1.165) is 42.8 Å². The van der Waals surface area contributed by atoms with Gasteiger partial charge in [0.05, 0.1) is 0 Å². The molecule has 0 aromatic heterocycles. The van der Waals surface area contributed by atoms with Gasteiger partial charge in [-0.05, 0) is 62.8 Å². The highest BCUT2D eigenvalue weighted by molar-refractivity contribution is 5.48. The van der Waals surface area contributed by atoms with Crippen molar-refractivity contribution in [3.63, 3.8) is 0 Å². The third-order valence-electron chi connectivity index (χ3n) is 7.00. The number of nitrogens with one attached hydrogen (secondary N) is 1. The van der Waals surface area contributed by atoms with E-state index in [1.54, 1.807) is 0 Å². The first-order valence-corrected chi connectivity index (χ1v) is 12.0. The van der Waals surface area contributed by atoms with E-state index in [-0.39, 0.29) is 5.92 Å². The predicted molar refractivity (Wildman–Crippen MR) is 127 cm³/mol. The number of allylic oxidation sites excluding steroid dienone is 1. The minimum atomic E-state index is -1.00. The average Bonchev–Trinajstić information content (AvgIpc) is 2.75. The molecule has 0 saturated heterocycles. The first-order chi connectivity index (χ1) is 14.9. The molecule has 1 aliphatic carbocycles. The van der Waals surface area contributed by atoms with Crippen LogP contribution in [0.4, 0.5) is 0 Å². The maximum atomic E-state index is 12.0. The topological polar surface area (TPSA) is 41.5 Å². The summed E-state index contributed by atoms with van der Waals surface area (Å²) in [6.45, 7) is 7.26. The zero-order valence-electron chi connectivity index (χ0n) is 19.3. The lowest BCUT2D eigenvalue weighted by Gasteiger charge is -2.51. The van der Waals surface area contributed by atoms with Gasteiger partial charge in [-0.2, -0.15) is 0 Å². The summed E-state index contributed by atoms with van der Waals surface area (Å²) in [6, 6.07) is 16.9. The van der Waals surface area contributed by atoms with Gasteiger partial charge in [0.25, 0.3) is 0 Å². The smallest absolute Gasteiger partial charge is 0.126 e. The van der Waals surface area contributed by atoms with E-state index in [0.29, 0.717) is 0 Å². The summed E-state index contributed by atoms with van der Waals surface area (Å²) in [6.07, 6.45) is 9.98. The molecule has 166 valence electrons. The number of rotatable bonds is 8. The Balaban J connectivity index is 1.58. The van der Waals surface area contributed by atoms with Crippen LogP contribution in [0.2, 0.25) is 0 Å². The molecule has 0 saturated carbocycles. The normalized spacial score (nSPS) is 23.9. The van der Waals surface area contributed by atoms with Crippen LogP contribution in [0.1, 0.15) is 76.0 Å². The maximum Gasteiger partial charge on any atom is 0.126 e. The van der Waals surface area contributed by atoms with Crippen molar-refractivity contribution in [2.75, 3.05) is 0 Å². The highest BCUT2D eigenvalue weighted by Crippen LogP contribution is 2.53. The number of benzene rings is 2. The minimum absolute atomic E-state index is 0.0326. The Labute approximate surface area is 187 Å². The summed E-state index contributed by atoms with van der Waals surface area (Å²) in [5.74, 6) is 0.877. The average molecular weight is 420 g/mol. The molecule has 1 heterocycles. The molecular weight excluding hydrogens is 382 g/mol. The third-order valence-corrected chi connectivity index (χ3v) is 7.00. The summed E-state index contributed by atoms with van der Waals surface area (Å²) >= 11 is 0. The van der Waals surface area contributed by atoms with E-state index in [9.17, 15) is 5.11 Å². The zero-order valence-corrected chi connectivity index (χ0v) is 19.3. The fraction of sp³-hybridized carbons (Fsp3) is 0.500. The van der Waals surface area contributed by atoms with Gasteiger partial charge in [-0.15, -0.1) is 0 Å². The highest BCUT2D eigenvalue weighted by Gasteiger charge is 2.53.